The van der Waals surface area contributed by atoms with E-state index in [1.54, 1.807) is 13.8 Å². The molecule has 5 nitrogen and oxygen atoms in total. The number of hydrogen-bond donors (Lipinski definition) is 1. The molecule has 0 bridgehead atoms. The lowest BCUT2D eigenvalue weighted by Gasteiger charge is -2.18. The third-order valence-electron chi connectivity index (χ3n) is 1.90. The molecule has 0 heterocycles. The van der Waals surface area contributed by atoms with Crippen molar-refractivity contribution < 1.29 is 14.1 Å². The Morgan fingerprint density at radius 3 is 2.65 bits per heavy atom. The molecule has 2 N–H and O–H groups in total. The second-order valence-electron chi connectivity index (χ2n) is 4.56. The highest BCUT2D eigenvalue weighted by atomic mass is 19.1. The van der Waals surface area contributed by atoms with Crippen molar-refractivity contribution in [2.75, 3.05) is 6.61 Å². The van der Waals surface area contributed by atoms with E-state index in [1.165, 1.54) is 12.1 Å². The third-order valence-corrected chi connectivity index (χ3v) is 1.90. The van der Waals surface area contributed by atoms with Gasteiger partial charge in [0.25, 0.3) is 5.69 Å². The smallest absolute Gasteiger partial charge is 0.272 e. The average molecular weight is 242 g/mol. The van der Waals surface area contributed by atoms with Gasteiger partial charge in [0.2, 0.25) is 0 Å². The van der Waals surface area contributed by atoms with E-state index in [9.17, 15) is 14.5 Å². The number of nitro benzene ring substituents is 1. The van der Waals surface area contributed by atoms with E-state index in [0.717, 1.165) is 6.07 Å². The fourth-order valence-electron chi connectivity index (χ4n) is 1.25. The van der Waals surface area contributed by atoms with Gasteiger partial charge in [-0.25, -0.2) is 4.39 Å². The molecule has 6 heteroatoms. The first-order valence-corrected chi connectivity index (χ1v) is 5.08. The third kappa shape index (κ3) is 4.88. The first-order valence-electron chi connectivity index (χ1n) is 5.08. The minimum Gasteiger partial charge on any atom is -0.375 e. The van der Waals surface area contributed by atoms with Gasteiger partial charge in [0.05, 0.1) is 24.2 Å². The predicted octanol–water partition coefficient (Wildman–Crippen LogP) is 1.99. The summed E-state index contributed by atoms with van der Waals surface area (Å²) in [4.78, 5) is 9.88. The molecule has 0 saturated carbocycles. The Hall–Kier alpha value is -1.53. The number of rotatable bonds is 5. The zero-order valence-electron chi connectivity index (χ0n) is 9.77. The topological polar surface area (TPSA) is 78.4 Å². The molecule has 0 fully saturated rings. The first-order chi connectivity index (χ1) is 7.78. The van der Waals surface area contributed by atoms with Crippen molar-refractivity contribution in [1.29, 1.82) is 0 Å². The molecule has 0 spiro atoms. The number of ether oxygens (including phenoxy) is 1. The second kappa shape index (κ2) is 5.20. The zero-order chi connectivity index (χ0) is 13.1. The van der Waals surface area contributed by atoms with Gasteiger partial charge in [0.15, 0.2) is 0 Å². The molecule has 0 unspecified atom stereocenters. The maximum absolute atomic E-state index is 13.1. The molecule has 94 valence electrons. The van der Waals surface area contributed by atoms with Crippen LogP contribution in [0, 0.1) is 15.9 Å². The van der Waals surface area contributed by atoms with E-state index in [4.69, 9.17) is 10.5 Å². The summed E-state index contributed by atoms with van der Waals surface area (Å²) in [5, 5.41) is 10.5. The number of nitro groups is 1. The van der Waals surface area contributed by atoms with Gasteiger partial charge >= 0.3 is 0 Å². The highest BCUT2D eigenvalue weighted by molar-refractivity contribution is 5.34. The van der Waals surface area contributed by atoms with Gasteiger partial charge in [0, 0.05) is 11.6 Å². The molecule has 1 aromatic carbocycles. The van der Waals surface area contributed by atoms with Crippen molar-refractivity contribution in [3.05, 3.63) is 39.7 Å². The Balaban J connectivity index is 2.68. The van der Waals surface area contributed by atoms with Crippen molar-refractivity contribution >= 4 is 5.69 Å². The molecule has 0 aliphatic rings. The number of hydrogen-bond acceptors (Lipinski definition) is 4. The predicted molar refractivity (Wildman–Crippen MR) is 61.0 cm³/mol. The second-order valence-corrected chi connectivity index (χ2v) is 4.56. The maximum atomic E-state index is 13.1. The summed E-state index contributed by atoms with van der Waals surface area (Å²) >= 11 is 0. The number of nitrogens with two attached hydrogens (primary N) is 1. The van der Waals surface area contributed by atoms with Crippen molar-refractivity contribution in [1.82, 2.24) is 0 Å². The van der Waals surface area contributed by atoms with Crippen LogP contribution in [-0.2, 0) is 11.3 Å². The largest absolute Gasteiger partial charge is 0.375 e. The molecule has 0 aromatic heterocycles. The van der Waals surface area contributed by atoms with Gasteiger partial charge in [-0.15, -0.1) is 0 Å². The Kier molecular flexibility index (Phi) is 4.14. The normalized spacial score (nSPS) is 11.5. The molecular formula is C11H15FN2O3. The lowest BCUT2D eigenvalue weighted by Crippen LogP contribution is -2.37. The van der Waals surface area contributed by atoms with Crippen molar-refractivity contribution in [2.45, 2.75) is 26.0 Å². The van der Waals surface area contributed by atoms with Crippen molar-refractivity contribution in [3.63, 3.8) is 0 Å². The van der Waals surface area contributed by atoms with E-state index in [-0.39, 0.29) is 18.9 Å². The minimum atomic E-state index is -0.648. The molecule has 0 radical (unpaired) electrons. The van der Waals surface area contributed by atoms with Crippen LogP contribution >= 0.6 is 0 Å². The maximum Gasteiger partial charge on any atom is 0.272 e. The molecule has 17 heavy (non-hydrogen) atoms. The van der Waals surface area contributed by atoms with Crippen molar-refractivity contribution in [3.8, 4) is 0 Å². The summed E-state index contributed by atoms with van der Waals surface area (Å²) in [7, 11) is 0. The Labute approximate surface area is 98.5 Å². The van der Waals surface area contributed by atoms with E-state index in [1.807, 2.05) is 0 Å². The van der Waals surface area contributed by atoms with Gasteiger partial charge in [-0.3, -0.25) is 10.1 Å². The highest BCUT2D eigenvalue weighted by Crippen LogP contribution is 2.17. The lowest BCUT2D eigenvalue weighted by molar-refractivity contribution is -0.385. The SMILES string of the molecule is CC(C)(N)COCc1cc(F)cc([N+](=O)[O-])c1. The Bertz CT molecular complexity index is 416. The van der Waals surface area contributed by atoms with Crippen LogP contribution in [0.3, 0.4) is 0 Å². The fraction of sp³-hybridized carbons (Fsp3) is 0.455. The van der Waals surface area contributed by atoms with Crippen LogP contribution in [-0.4, -0.2) is 17.1 Å². The monoisotopic (exact) mass is 242 g/mol. The summed E-state index contributed by atoms with van der Waals surface area (Å²) in [6, 6.07) is 3.36. The van der Waals surface area contributed by atoms with E-state index < -0.39 is 16.3 Å². The zero-order valence-corrected chi connectivity index (χ0v) is 9.77. The molecule has 1 aromatic rings. The van der Waals surface area contributed by atoms with Crippen LogP contribution in [0.25, 0.3) is 0 Å². The standard InChI is InChI=1S/C11H15FN2O3/c1-11(2,13)7-17-6-8-3-9(12)5-10(4-8)14(15)16/h3-5H,6-7,13H2,1-2H3. The van der Waals surface area contributed by atoms with Crippen LogP contribution in [0.15, 0.2) is 18.2 Å². The highest BCUT2D eigenvalue weighted by Gasteiger charge is 2.12. The molecule has 0 saturated heterocycles. The Morgan fingerprint density at radius 1 is 1.47 bits per heavy atom. The number of nitrogens with zero attached hydrogens (tertiary/aromatic N) is 1. The molecule has 0 amide bonds. The summed E-state index contributed by atoms with van der Waals surface area (Å²) in [5.41, 5.74) is 5.35. The van der Waals surface area contributed by atoms with Crippen LogP contribution in [0.4, 0.5) is 10.1 Å². The Morgan fingerprint density at radius 2 is 2.12 bits per heavy atom. The molecular weight excluding hydrogens is 227 g/mol. The summed E-state index contributed by atoms with van der Waals surface area (Å²) in [5.74, 6) is -0.648. The number of halogens is 1. The summed E-state index contributed by atoms with van der Waals surface area (Å²) in [6.45, 7) is 3.97. The van der Waals surface area contributed by atoms with E-state index >= 15 is 0 Å². The summed E-state index contributed by atoms with van der Waals surface area (Å²) in [6.07, 6.45) is 0. The molecule has 1 rings (SSSR count). The number of non-ortho nitro benzene ring substituents is 1. The minimum absolute atomic E-state index is 0.0965. The average Bonchev–Trinajstić information content (AvgIpc) is 2.14. The first kappa shape index (κ1) is 13.5. The van der Waals surface area contributed by atoms with Gasteiger partial charge in [-0.1, -0.05) is 0 Å². The molecule has 0 atom stereocenters. The van der Waals surface area contributed by atoms with Crippen LogP contribution in [0.5, 0.6) is 0 Å². The van der Waals surface area contributed by atoms with Gasteiger partial charge in [0.1, 0.15) is 5.82 Å². The van der Waals surface area contributed by atoms with E-state index in [0.29, 0.717) is 5.56 Å². The van der Waals surface area contributed by atoms with Crippen molar-refractivity contribution in [2.24, 2.45) is 5.73 Å². The number of benzene rings is 1. The summed E-state index contributed by atoms with van der Waals surface area (Å²) < 4.78 is 18.3. The quantitative estimate of drug-likeness (QED) is 0.632. The lowest BCUT2D eigenvalue weighted by atomic mass is 10.1. The molecule has 0 aliphatic carbocycles. The van der Waals surface area contributed by atoms with Crippen LogP contribution in [0.1, 0.15) is 19.4 Å². The van der Waals surface area contributed by atoms with Crippen LogP contribution in [0.2, 0.25) is 0 Å². The van der Waals surface area contributed by atoms with E-state index in [2.05, 4.69) is 0 Å². The van der Waals surface area contributed by atoms with Crippen LogP contribution < -0.4 is 5.73 Å². The molecule has 0 aliphatic heterocycles. The van der Waals surface area contributed by atoms with Gasteiger partial charge in [-0.2, -0.15) is 0 Å². The van der Waals surface area contributed by atoms with Gasteiger partial charge in [-0.05, 0) is 25.5 Å². The fourth-order valence-corrected chi connectivity index (χ4v) is 1.25. The van der Waals surface area contributed by atoms with Gasteiger partial charge < -0.3 is 10.5 Å².